The van der Waals surface area contributed by atoms with E-state index >= 15 is 0 Å². The first-order valence-corrected chi connectivity index (χ1v) is 6.78. The van der Waals surface area contributed by atoms with Gasteiger partial charge >= 0.3 is 5.69 Å². The first kappa shape index (κ1) is 15.3. The van der Waals surface area contributed by atoms with Crippen molar-refractivity contribution in [1.29, 1.82) is 0 Å². The van der Waals surface area contributed by atoms with Crippen molar-refractivity contribution in [1.82, 2.24) is 4.90 Å². The fraction of sp³-hybridized carbons (Fsp3) is 0.500. The highest BCUT2D eigenvalue weighted by atomic mass is 19.1. The first-order valence-electron chi connectivity index (χ1n) is 6.78. The van der Waals surface area contributed by atoms with Crippen LogP contribution in [-0.2, 0) is 0 Å². The van der Waals surface area contributed by atoms with Crippen molar-refractivity contribution < 1.29 is 18.5 Å². The van der Waals surface area contributed by atoms with Gasteiger partial charge < -0.3 is 4.90 Å². The Kier molecular flexibility index (Phi) is 4.20. The molecule has 0 bridgehead atoms. The number of carbonyl (C=O) groups excluding carboxylic acids is 1. The number of amides is 1. The Morgan fingerprint density at radius 2 is 2.10 bits per heavy atom. The third-order valence-electron chi connectivity index (χ3n) is 3.81. The second kappa shape index (κ2) is 5.75. The van der Waals surface area contributed by atoms with E-state index in [1.165, 1.54) is 4.90 Å². The predicted molar refractivity (Wildman–Crippen MR) is 71.9 cm³/mol. The van der Waals surface area contributed by atoms with Crippen LogP contribution in [0, 0.1) is 27.7 Å². The summed E-state index contributed by atoms with van der Waals surface area (Å²) in [6.07, 6.45) is 1.52. The average Bonchev–Trinajstić information content (AvgIpc) is 2.87. The maximum atomic E-state index is 14.1. The van der Waals surface area contributed by atoms with Crippen molar-refractivity contribution in [2.24, 2.45) is 5.92 Å². The van der Waals surface area contributed by atoms with Crippen molar-refractivity contribution in [3.8, 4) is 0 Å². The van der Waals surface area contributed by atoms with E-state index in [1.807, 2.05) is 13.8 Å². The SMILES string of the molecule is CC(C)C1CCCN1C(=O)c1c(F)ccc([N+](=O)[O-])c1F. The minimum atomic E-state index is -1.40. The lowest BCUT2D eigenvalue weighted by Crippen LogP contribution is -2.39. The number of nitro benzene ring substituents is 1. The molecule has 0 N–H and O–H groups in total. The summed E-state index contributed by atoms with van der Waals surface area (Å²) >= 11 is 0. The van der Waals surface area contributed by atoms with Gasteiger partial charge in [0.2, 0.25) is 5.82 Å². The van der Waals surface area contributed by atoms with Gasteiger partial charge in [-0.25, -0.2) is 4.39 Å². The highest BCUT2D eigenvalue weighted by Crippen LogP contribution is 2.29. The molecule has 1 aromatic rings. The summed E-state index contributed by atoms with van der Waals surface area (Å²) in [5.41, 5.74) is -1.73. The number of hydrogen-bond donors (Lipinski definition) is 0. The van der Waals surface area contributed by atoms with E-state index in [0.29, 0.717) is 6.54 Å². The Labute approximate surface area is 120 Å². The monoisotopic (exact) mass is 298 g/mol. The molecule has 0 spiro atoms. The zero-order chi connectivity index (χ0) is 15.7. The van der Waals surface area contributed by atoms with Crippen molar-refractivity contribution in [2.75, 3.05) is 6.54 Å². The van der Waals surface area contributed by atoms with E-state index < -0.39 is 33.7 Å². The van der Waals surface area contributed by atoms with Crippen molar-refractivity contribution in [2.45, 2.75) is 32.7 Å². The molecule has 0 aliphatic carbocycles. The quantitative estimate of drug-likeness (QED) is 0.636. The van der Waals surface area contributed by atoms with Gasteiger partial charge in [-0.05, 0) is 24.8 Å². The van der Waals surface area contributed by atoms with E-state index in [0.717, 1.165) is 25.0 Å². The molecule has 114 valence electrons. The van der Waals surface area contributed by atoms with E-state index in [4.69, 9.17) is 0 Å². The first-order chi connectivity index (χ1) is 9.84. The molecular formula is C14H16F2N2O3. The van der Waals surface area contributed by atoms with Crippen LogP contribution in [0.4, 0.5) is 14.5 Å². The Bertz CT molecular complexity index is 590. The van der Waals surface area contributed by atoms with Crippen LogP contribution >= 0.6 is 0 Å². The lowest BCUT2D eigenvalue weighted by atomic mass is 10.0. The smallest absolute Gasteiger partial charge is 0.305 e. The molecule has 0 saturated carbocycles. The number of likely N-dealkylation sites (tertiary alicyclic amines) is 1. The summed E-state index contributed by atoms with van der Waals surface area (Å²) in [6.45, 7) is 4.26. The van der Waals surface area contributed by atoms with Crippen molar-refractivity contribution >= 4 is 11.6 Å². The Morgan fingerprint density at radius 1 is 1.43 bits per heavy atom. The van der Waals surface area contributed by atoms with Gasteiger partial charge in [0.05, 0.1) is 4.92 Å². The molecule has 0 aromatic heterocycles. The summed E-state index contributed by atoms with van der Waals surface area (Å²) in [6, 6.07) is 1.39. The van der Waals surface area contributed by atoms with Crippen LogP contribution in [0.15, 0.2) is 12.1 Å². The predicted octanol–water partition coefficient (Wildman–Crippen LogP) is 3.13. The normalized spacial score (nSPS) is 18.3. The number of hydrogen-bond acceptors (Lipinski definition) is 3. The minimum Gasteiger partial charge on any atom is -0.335 e. The lowest BCUT2D eigenvalue weighted by Gasteiger charge is -2.27. The number of rotatable bonds is 3. The highest BCUT2D eigenvalue weighted by molar-refractivity contribution is 5.96. The molecule has 1 atom stereocenters. The summed E-state index contributed by atoms with van der Waals surface area (Å²) < 4.78 is 27.9. The van der Waals surface area contributed by atoms with Gasteiger partial charge in [-0.2, -0.15) is 4.39 Å². The number of nitrogens with zero attached hydrogens (tertiary/aromatic N) is 2. The second-order valence-electron chi connectivity index (χ2n) is 5.46. The molecule has 1 aliphatic rings. The second-order valence-corrected chi connectivity index (χ2v) is 5.46. The van der Waals surface area contributed by atoms with Gasteiger partial charge in [-0.1, -0.05) is 13.8 Å². The van der Waals surface area contributed by atoms with Crippen LogP contribution in [0.25, 0.3) is 0 Å². The molecule has 1 fully saturated rings. The third-order valence-corrected chi connectivity index (χ3v) is 3.81. The number of carbonyl (C=O) groups is 1. The zero-order valence-electron chi connectivity index (χ0n) is 11.8. The van der Waals surface area contributed by atoms with Gasteiger partial charge in [0.25, 0.3) is 5.91 Å². The van der Waals surface area contributed by atoms with E-state index in [1.54, 1.807) is 0 Å². The molecule has 1 unspecified atom stereocenters. The van der Waals surface area contributed by atoms with E-state index in [9.17, 15) is 23.7 Å². The molecule has 21 heavy (non-hydrogen) atoms. The summed E-state index contributed by atoms with van der Waals surface area (Å²) in [4.78, 5) is 23.6. The van der Waals surface area contributed by atoms with Crippen molar-refractivity contribution in [3.63, 3.8) is 0 Å². The molecule has 1 heterocycles. The Hall–Kier alpha value is -2.05. The third kappa shape index (κ3) is 2.72. The average molecular weight is 298 g/mol. The van der Waals surface area contributed by atoms with Crippen LogP contribution in [0.5, 0.6) is 0 Å². The number of nitro groups is 1. The molecule has 1 aromatic carbocycles. The maximum absolute atomic E-state index is 14.1. The lowest BCUT2D eigenvalue weighted by molar-refractivity contribution is -0.387. The molecule has 1 aliphatic heterocycles. The van der Waals surface area contributed by atoms with Crippen LogP contribution in [0.2, 0.25) is 0 Å². The topological polar surface area (TPSA) is 63.5 Å². The molecular weight excluding hydrogens is 282 g/mol. The molecule has 1 amide bonds. The standard InChI is InChI=1S/C14H16F2N2O3/c1-8(2)10-4-3-7-17(10)14(19)12-9(15)5-6-11(13(12)16)18(20)21/h5-6,8,10H,3-4,7H2,1-2H3. The van der Waals surface area contributed by atoms with Gasteiger partial charge in [-0.15, -0.1) is 0 Å². The fourth-order valence-electron chi connectivity index (χ4n) is 2.76. The Balaban J connectivity index is 2.44. The van der Waals surface area contributed by atoms with Gasteiger partial charge in [-0.3, -0.25) is 14.9 Å². The highest BCUT2D eigenvalue weighted by Gasteiger charge is 2.35. The summed E-state index contributed by atoms with van der Waals surface area (Å²) in [5, 5.41) is 10.7. The van der Waals surface area contributed by atoms with Crippen molar-refractivity contribution in [3.05, 3.63) is 39.4 Å². The van der Waals surface area contributed by atoms with Crippen LogP contribution in [0.3, 0.4) is 0 Å². The molecule has 1 saturated heterocycles. The van der Waals surface area contributed by atoms with Gasteiger partial charge in [0.1, 0.15) is 11.4 Å². The molecule has 0 radical (unpaired) electrons. The zero-order valence-corrected chi connectivity index (χ0v) is 11.8. The molecule has 5 nitrogen and oxygen atoms in total. The minimum absolute atomic E-state index is 0.101. The van der Waals surface area contributed by atoms with Crippen LogP contribution < -0.4 is 0 Å². The largest absolute Gasteiger partial charge is 0.335 e. The van der Waals surface area contributed by atoms with Gasteiger partial charge in [0, 0.05) is 18.7 Å². The van der Waals surface area contributed by atoms with E-state index in [-0.39, 0.29) is 12.0 Å². The molecule has 2 rings (SSSR count). The number of benzene rings is 1. The van der Waals surface area contributed by atoms with Crippen LogP contribution in [0.1, 0.15) is 37.0 Å². The van der Waals surface area contributed by atoms with Gasteiger partial charge in [0.15, 0.2) is 0 Å². The Morgan fingerprint density at radius 3 is 2.67 bits per heavy atom. The summed E-state index contributed by atoms with van der Waals surface area (Å²) in [7, 11) is 0. The van der Waals surface area contributed by atoms with E-state index in [2.05, 4.69) is 0 Å². The molecule has 7 heteroatoms. The number of halogens is 2. The van der Waals surface area contributed by atoms with Crippen LogP contribution in [-0.4, -0.2) is 28.3 Å². The fourth-order valence-corrected chi connectivity index (χ4v) is 2.76. The maximum Gasteiger partial charge on any atom is 0.305 e. The summed E-state index contributed by atoms with van der Waals surface area (Å²) in [5.74, 6) is -3.14.